The lowest BCUT2D eigenvalue weighted by atomic mass is 9.85. The van der Waals surface area contributed by atoms with Gasteiger partial charge in [-0.3, -0.25) is 9.79 Å². The topological polar surface area (TPSA) is 65.5 Å². The van der Waals surface area contributed by atoms with Gasteiger partial charge in [0.25, 0.3) is 0 Å². The summed E-state index contributed by atoms with van der Waals surface area (Å²) in [5, 5.41) is 9.76. The van der Waals surface area contributed by atoms with Crippen molar-refractivity contribution in [2.45, 2.75) is 38.6 Å². The molecule has 3 N–H and O–H groups in total. The Kier molecular flexibility index (Phi) is 7.06. The van der Waals surface area contributed by atoms with Crippen LogP contribution in [-0.2, 0) is 11.3 Å². The zero-order chi connectivity index (χ0) is 19.8. The summed E-state index contributed by atoms with van der Waals surface area (Å²) in [6.07, 6.45) is 3.18. The van der Waals surface area contributed by atoms with Crippen molar-refractivity contribution >= 4 is 17.6 Å². The molecule has 0 aliphatic heterocycles. The Bertz CT molecular complexity index is 799. The summed E-state index contributed by atoms with van der Waals surface area (Å²) in [7, 11) is 1.78. The average Bonchev–Trinajstić information content (AvgIpc) is 2.67. The quantitative estimate of drug-likeness (QED) is 0.506. The van der Waals surface area contributed by atoms with Gasteiger partial charge in [0.1, 0.15) is 0 Å². The zero-order valence-electron chi connectivity index (χ0n) is 16.7. The molecule has 0 bridgehead atoms. The van der Waals surface area contributed by atoms with Crippen LogP contribution in [0, 0.1) is 5.92 Å². The molecule has 2 aromatic rings. The van der Waals surface area contributed by atoms with Gasteiger partial charge in [0, 0.05) is 31.7 Å². The van der Waals surface area contributed by atoms with Crippen molar-refractivity contribution in [1.29, 1.82) is 0 Å². The highest BCUT2D eigenvalue weighted by atomic mass is 16.1. The fraction of sp³-hybridized carbons (Fsp3) is 0.391. The minimum absolute atomic E-state index is 0.142. The highest BCUT2D eigenvalue weighted by Gasteiger charge is 2.25. The summed E-state index contributed by atoms with van der Waals surface area (Å²) in [5.41, 5.74) is 3.27. The van der Waals surface area contributed by atoms with E-state index in [0.29, 0.717) is 12.5 Å². The van der Waals surface area contributed by atoms with E-state index in [2.05, 4.69) is 52.1 Å². The van der Waals surface area contributed by atoms with Gasteiger partial charge in [0.2, 0.25) is 5.91 Å². The molecule has 0 spiro atoms. The van der Waals surface area contributed by atoms with Crippen LogP contribution in [0.2, 0.25) is 0 Å². The lowest BCUT2D eigenvalue weighted by molar-refractivity contribution is -0.122. The average molecular weight is 379 g/mol. The predicted molar refractivity (Wildman–Crippen MR) is 115 cm³/mol. The molecular formula is C23H30N4O. The number of guanidine groups is 1. The summed E-state index contributed by atoms with van der Waals surface area (Å²) in [6.45, 7) is 3.65. The van der Waals surface area contributed by atoms with Gasteiger partial charge in [-0.2, -0.15) is 0 Å². The first kappa shape index (κ1) is 19.9. The normalized spacial score (nSPS) is 15.4. The standard InChI is InChI=1S/C23H30N4O/c1-17(19-9-4-3-5-10-19)15-25-23(24-2)26-16-18-8-6-13-21(14-18)27-22(28)20-11-7-12-20/h3-6,8-10,13-14,17,20H,7,11-12,15-16H2,1-2H3,(H,27,28)(H2,24,25,26). The third kappa shape index (κ3) is 5.59. The first-order chi connectivity index (χ1) is 13.7. The van der Waals surface area contributed by atoms with Crippen molar-refractivity contribution in [2.75, 3.05) is 18.9 Å². The van der Waals surface area contributed by atoms with Crippen LogP contribution in [0.3, 0.4) is 0 Å². The van der Waals surface area contributed by atoms with E-state index in [1.807, 2.05) is 30.3 Å². The van der Waals surface area contributed by atoms with E-state index in [9.17, 15) is 4.79 Å². The second-order valence-corrected chi connectivity index (χ2v) is 7.44. The second kappa shape index (κ2) is 9.93. The number of anilines is 1. The first-order valence-electron chi connectivity index (χ1n) is 10.0. The van der Waals surface area contributed by atoms with Gasteiger partial charge in [0.05, 0.1) is 0 Å². The molecule has 1 aliphatic carbocycles. The van der Waals surface area contributed by atoms with Crippen LogP contribution in [0.25, 0.3) is 0 Å². The number of amides is 1. The summed E-state index contributed by atoms with van der Waals surface area (Å²) in [4.78, 5) is 16.4. The third-order valence-corrected chi connectivity index (χ3v) is 5.30. The molecule has 148 valence electrons. The van der Waals surface area contributed by atoms with Crippen LogP contribution in [-0.4, -0.2) is 25.5 Å². The molecule has 1 saturated carbocycles. The Morgan fingerprint density at radius 2 is 1.89 bits per heavy atom. The minimum Gasteiger partial charge on any atom is -0.356 e. The minimum atomic E-state index is 0.142. The summed E-state index contributed by atoms with van der Waals surface area (Å²) in [6, 6.07) is 18.4. The van der Waals surface area contributed by atoms with Crippen LogP contribution in [0.15, 0.2) is 59.6 Å². The molecule has 1 fully saturated rings. The van der Waals surface area contributed by atoms with Gasteiger partial charge < -0.3 is 16.0 Å². The molecule has 0 aromatic heterocycles. The molecule has 0 saturated heterocycles. The molecule has 1 aliphatic rings. The molecule has 0 heterocycles. The Morgan fingerprint density at radius 1 is 1.11 bits per heavy atom. The maximum absolute atomic E-state index is 12.1. The molecular weight excluding hydrogens is 348 g/mol. The number of carbonyl (C=O) groups is 1. The monoisotopic (exact) mass is 378 g/mol. The Morgan fingerprint density at radius 3 is 2.57 bits per heavy atom. The third-order valence-electron chi connectivity index (χ3n) is 5.30. The predicted octanol–water partition coefficient (Wildman–Crippen LogP) is 3.89. The van der Waals surface area contributed by atoms with Gasteiger partial charge >= 0.3 is 0 Å². The second-order valence-electron chi connectivity index (χ2n) is 7.44. The first-order valence-corrected chi connectivity index (χ1v) is 10.0. The van der Waals surface area contributed by atoms with Crippen LogP contribution in [0.4, 0.5) is 5.69 Å². The van der Waals surface area contributed by atoms with Gasteiger partial charge in [-0.05, 0) is 42.0 Å². The lowest BCUT2D eigenvalue weighted by Gasteiger charge is -2.24. The van der Waals surface area contributed by atoms with Gasteiger partial charge in [-0.25, -0.2) is 0 Å². The molecule has 3 rings (SSSR count). The number of benzene rings is 2. The Labute approximate surface area is 167 Å². The van der Waals surface area contributed by atoms with Crippen LogP contribution < -0.4 is 16.0 Å². The maximum Gasteiger partial charge on any atom is 0.227 e. The summed E-state index contributed by atoms with van der Waals surface area (Å²) >= 11 is 0. The van der Waals surface area contributed by atoms with E-state index in [1.165, 1.54) is 5.56 Å². The van der Waals surface area contributed by atoms with Crippen molar-refractivity contribution < 1.29 is 4.79 Å². The van der Waals surface area contributed by atoms with E-state index < -0.39 is 0 Å². The smallest absolute Gasteiger partial charge is 0.227 e. The molecule has 2 aromatic carbocycles. The number of rotatable bonds is 7. The molecule has 5 heteroatoms. The van der Waals surface area contributed by atoms with Gasteiger partial charge in [-0.15, -0.1) is 0 Å². The number of nitrogens with one attached hydrogen (secondary N) is 3. The van der Waals surface area contributed by atoms with Crippen LogP contribution >= 0.6 is 0 Å². The SMILES string of the molecule is CN=C(NCc1cccc(NC(=O)C2CCC2)c1)NCC(C)c1ccccc1. The Balaban J connectivity index is 1.48. The molecule has 28 heavy (non-hydrogen) atoms. The number of nitrogens with zero attached hydrogens (tertiary/aromatic N) is 1. The fourth-order valence-corrected chi connectivity index (χ4v) is 3.23. The Hall–Kier alpha value is -2.82. The number of hydrogen-bond acceptors (Lipinski definition) is 2. The highest BCUT2D eigenvalue weighted by Crippen LogP contribution is 2.27. The summed E-state index contributed by atoms with van der Waals surface area (Å²) < 4.78 is 0. The molecule has 5 nitrogen and oxygen atoms in total. The molecule has 0 radical (unpaired) electrons. The number of hydrogen-bond donors (Lipinski definition) is 3. The van der Waals surface area contributed by atoms with E-state index in [-0.39, 0.29) is 11.8 Å². The zero-order valence-corrected chi connectivity index (χ0v) is 16.7. The molecule has 1 unspecified atom stereocenters. The van der Waals surface area contributed by atoms with E-state index in [4.69, 9.17) is 0 Å². The van der Waals surface area contributed by atoms with E-state index >= 15 is 0 Å². The largest absolute Gasteiger partial charge is 0.356 e. The van der Waals surface area contributed by atoms with Crippen LogP contribution in [0.1, 0.15) is 43.2 Å². The van der Waals surface area contributed by atoms with Gasteiger partial charge in [0.15, 0.2) is 5.96 Å². The van der Waals surface area contributed by atoms with Crippen molar-refractivity contribution in [1.82, 2.24) is 10.6 Å². The van der Waals surface area contributed by atoms with Crippen molar-refractivity contribution in [3.05, 3.63) is 65.7 Å². The molecule has 1 amide bonds. The number of aliphatic imine (C=N–C) groups is 1. The van der Waals surface area contributed by atoms with Crippen LogP contribution in [0.5, 0.6) is 0 Å². The van der Waals surface area contributed by atoms with Crippen molar-refractivity contribution in [2.24, 2.45) is 10.9 Å². The van der Waals surface area contributed by atoms with E-state index in [1.54, 1.807) is 7.05 Å². The van der Waals surface area contributed by atoms with Gasteiger partial charge in [-0.1, -0.05) is 55.8 Å². The highest BCUT2D eigenvalue weighted by molar-refractivity contribution is 5.93. The van der Waals surface area contributed by atoms with E-state index in [0.717, 1.165) is 43.0 Å². The number of carbonyl (C=O) groups excluding carboxylic acids is 1. The summed E-state index contributed by atoms with van der Waals surface area (Å²) in [5.74, 6) is 1.50. The fourth-order valence-electron chi connectivity index (χ4n) is 3.23. The maximum atomic E-state index is 12.1. The van der Waals surface area contributed by atoms with Crippen molar-refractivity contribution in [3.8, 4) is 0 Å². The lowest BCUT2D eigenvalue weighted by Crippen LogP contribution is -2.38. The molecule has 1 atom stereocenters. The van der Waals surface area contributed by atoms with Crippen molar-refractivity contribution in [3.63, 3.8) is 0 Å².